The molecule has 0 N–H and O–H groups in total. The Hall–Kier alpha value is 2.25. The first-order valence-corrected chi connectivity index (χ1v) is 0.707. The molecule has 3 heteroatoms. The van der Waals surface area contributed by atoms with Gasteiger partial charge in [0.05, 0.1) is 0 Å². The number of rotatable bonds is 0. The van der Waals surface area contributed by atoms with Crippen LogP contribution in [-0.2, 0) is 0 Å². The number of hydrogen-bond acceptors (Lipinski definition) is 0. The molecular formula is C2H6BrMgNa. The third kappa shape index (κ3) is 22.3. The maximum Gasteiger partial charge on any atom is 2.00 e. The summed E-state index contributed by atoms with van der Waals surface area (Å²) in [6.07, 6.45) is 0. The van der Waals surface area contributed by atoms with Gasteiger partial charge in [-0.15, -0.1) is 0 Å². The van der Waals surface area contributed by atoms with Crippen molar-refractivity contribution in [2.45, 2.75) is 6.92 Å². The van der Waals surface area contributed by atoms with Crippen molar-refractivity contribution in [1.29, 1.82) is 0 Å². The van der Waals surface area contributed by atoms with Crippen molar-refractivity contribution in [3.05, 3.63) is 6.92 Å². The van der Waals surface area contributed by atoms with Crippen molar-refractivity contribution in [3.8, 4) is 0 Å². The van der Waals surface area contributed by atoms with Crippen LogP contribution in [0.15, 0.2) is 0 Å². The topological polar surface area (TPSA) is 0 Å². The first kappa shape index (κ1) is 26.8. The van der Waals surface area contributed by atoms with E-state index >= 15 is 0 Å². The summed E-state index contributed by atoms with van der Waals surface area (Å²) in [6.45, 7) is 5.00. The smallest absolute Gasteiger partial charge is 1.00 e. The quantitative estimate of drug-likeness (QED) is 0.243. The van der Waals surface area contributed by atoms with E-state index in [2.05, 4.69) is 6.92 Å². The second-order valence-corrected chi connectivity index (χ2v) is 0. The van der Waals surface area contributed by atoms with Gasteiger partial charge in [-0.25, -0.2) is 0 Å². The second kappa shape index (κ2) is 34.1. The zero-order chi connectivity index (χ0) is 2.00. The van der Waals surface area contributed by atoms with Crippen LogP contribution in [0.1, 0.15) is 8.35 Å². The summed E-state index contributed by atoms with van der Waals surface area (Å²) in [5.74, 6) is 0. The van der Waals surface area contributed by atoms with Crippen molar-refractivity contribution >= 4 is 23.1 Å². The summed E-state index contributed by atoms with van der Waals surface area (Å²) in [6, 6.07) is 0. The maximum absolute atomic E-state index is 3.25. The van der Waals surface area contributed by atoms with Gasteiger partial charge in [0.15, 0.2) is 0 Å². The predicted octanol–water partition coefficient (Wildman–Crippen LogP) is -5.42. The van der Waals surface area contributed by atoms with Crippen LogP contribution in [0.25, 0.3) is 0 Å². The van der Waals surface area contributed by atoms with E-state index in [4.69, 9.17) is 0 Å². The summed E-state index contributed by atoms with van der Waals surface area (Å²) in [5, 5.41) is 0. The minimum absolute atomic E-state index is 0. The van der Waals surface area contributed by atoms with Crippen LogP contribution in [-0.4, -0.2) is 23.1 Å². The molecule has 0 aliphatic carbocycles. The Bertz CT molecular complexity index is 13.5. The fourth-order valence-electron chi connectivity index (χ4n) is 0. The molecule has 0 saturated carbocycles. The molecule has 0 rings (SSSR count). The van der Waals surface area contributed by atoms with E-state index in [1.54, 1.807) is 6.92 Å². The molecule has 0 aromatic carbocycles. The molecule has 0 fully saturated rings. The Balaban J connectivity index is -0.000000000833. The second-order valence-electron chi connectivity index (χ2n) is 0. The Morgan fingerprint density at radius 3 is 1.40 bits per heavy atom. The van der Waals surface area contributed by atoms with Gasteiger partial charge in [-0.1, -0.05) is 0 Å². The minimum Gasteiger partial charge on any atom is -1.00 e. The van der Waals surface area contributed by atoms with E-state index in [0.29, 0.717) is 0 Å². The first-order chi connectivity index (χ1) is 1.00. The van der Waals surface area contributed by atoms with E-state index in [9.17, 15) is 0 Å². The maximum atomic E-state index is 3.25. The number of hydrogen-bond donors (Lipinski definition) is 0. The van der Waals surface area contributed by atoms with Crippen molar-refractivity contribution < 1.29 is 48.0 Å². The van der Waals surface area contributed by atoms with Crippen LogP contribution >= 0.6 is 0 Å². The van der Waals surface area contributed by atoms with Gasteiger partial charge in [0.1, 0.15) is 0 Å². The molecule has 24 valence electrons. The van der Waals surface area contributed by atoms with E-state index in [-0.39, 0.29) is 71.0 Å². The Labute approximate surface area is 83.8 Å². The zero-order valence-corrected chi connectivity index (χ0v) is 8.79. The van der Waals surface area contributed by atoms with Gasteiger partial charge >= 0.3 is 52.6 Å². The third-order valence-electron chi connectivity index (χ3n) is 0. The average Bonchev–Trinajstić information content (AvgIpc) is 1.00. The minimum atomic E-state index is 0. The standard InChI is InChI=1S/C2H5.BrH.Mg.Na.H/c1-2;;;;/h1H2,2H3;1H;;;/q-1;;+2;+1;-1/p-1. The molecule has 0 radical (unpaired) electrons. The van der Waals surface area contributed by atoms with Crippen LogP contribution in [0.4, 0.5) is 0 Å². The molecule has 0 nitrogen and oxygen atoms in total. The average molecular weight is 157 g/mol. The van der Waals surface area contributed by atoms with Gasteiger partial charge < -0.3 is 25.3 Å². The zero-order valence-electron chi connectivity index (χ0n) is 4.79. The monoisotopic (exact) mass is 156 g/mol. The molecule has 0 amide bonds. The molecule has 0 heterocycles. The first-order valence-electron chi connectivity index (χ1n) is 0.707. The van der Waals surface area contributed by atoms with E-state index in [1.165, 1.54) is 0 Å². The summed E-state index contributed by atoms with van der Waals surface area (Å²) in [7, 11) is 0. The van der Waals surface area contributed by atoms with E-state index in [1.807, 2.05) is 0 Å². The third-order valence-corrected chi connectivity index (χ3v) is 0. The van der Waals surface area contributed by atoms with Gasteiger partial charge in [0.25, 0.3) is 0 Å². The van der Waals surface area contributed by atoms with E-state index < -0.39 is 0 Å². The summed E-state index contributed by atoms with van der Waals surface area (Å²) < 4.78 is 0. The van der Waals surface area contributed by atoms with Crippen molar-refractivity contribution in [3.63, 3.8) is 0 Å². The van der Waals surface area contributed by atoms with Crippen LogP contribution in [0.3, 0.4) is 0 Å². The molecule has 0 aliphatic heterocycles. The Morgan fingerprint density at radius 2 is 1.40 bits per heavy atom. The largest absolute Gasteiger partial charge is 2.00 e. The molecule has 0 aliphatic rings. The summed E-state index contributed by atoms with van der Waals surface area (Å²) >= 11 is 0. The van der Waals surface area contributed by atoms with Gasteiger partial charge in [-0.3, -0.25) is 0 Å². The van der Waals surface area contributed by atoms with Gasteiger partial charge in [0.2, 0.25) is 0 Å². The SMILES string of the molecule is [Br-].[CH2-]C.[H-].[Mg+2].[Na+]. The van der Waals surface area contributed by atoms with Crippen LogP contribution in [0.2, 0.25) is 0 Å². The Morgan fingerprint density at radius 1 is 1.40 bits per heavy atom. The van der Waals surface area contributed by atoms with Crippen LogP contribution in [0, 0.1) is 6.92 Å². The molecular weight excluding hydrogens is 151 g/mol. The fourth-order valence-corrected chi connectivity index (χ4v) is 0. The molecule has 0 atom stereocenters. The molecule has 5 heavy (non-hydrogen) atoms. The van der Waals surface area contributed by atoms with Crippen LogP contribution < -0.4 is 46.5 Å². The summed E-state index contributed by atoms with van der Waals surface area (Å²) in [4.78, 5) is 0. The molecule has 0 spiro atoms. The summed E-state index contributed by atoms with van der Waals surface area (Å²) in [5.41, 5.74) is 0. The van der Waals surface area contributed by atoms with E-state index in [0.717, 1.165) is 0 Å². The van der Waals surface area contributed by atoms with Gasteiger partial charge in [-0.2, -0.15) is 6.92 Å². The van der Waals surface area contributed by atoms with Crippen molar-refractivity contribution in [1.82, 2.24) is 0 Å². The van der Waals surface area contributed by atoms with Crippen molar-refractivity contribution in [2.24, 2.45) is 0 Å². The normalized spacial score (nSPS) is 1.20. The molecule has 0 aromatic rings. The van der Waals surface area contributed by atoms with Crippen molar-refractivity contribution in [2.75, 3.05) is 0 Å². The van der Waals surface area contributed by atoms with Crippen LogP contribution in [0.5, 0.6) is 0 Å². The fraction of sp³-hybridized carbons (Fsp3) is 0.500. The number of halogens is 1. The van der Waals surface area contributed by atoms with Gasteiger partial charge in [0, 0.05) is 0 Å². The molecule has 0 bridgehead atoms. The Kier molecular flexibility index (Phi) is 183. The molecule has 0 aromatic heterocycles. The molecule has 0 saturated heterocycles. The van der Waals surface area contributed by atoms with Gasteiger partial charge in [-0.05, 0) is 0 Å². The predicted molar refractivity (Wildman–Crippen MR) is 17.9 cm³/mol. The molecule has 0 unspecified atom stereocenters.